The van der Waals surface area contributed by atoms with Crippen molar-refractivity contribution in [3.05, 3.63) is 0 Å². The summed E-state index contributed by atoms with van der Waals surface area (Å²) in [6.07, 6.45) is 17.6. The summed E-state index contributed by atoms with van der Waals surface area (Å²) in [4.78, 5) is 0. The second-order valence-corrected chi connectivity index (χ2v) is 6.16. The largest absolute Gasteiger partial charge is 0.380 e. The van der Waals surface area contributed by atoms with E-state index in [4.69, 9.17) is 6.42 Å². The van der Waals surface area contributed by atoms with Gasteiger partial charge in [-0.3, -0.25) is 0 Å². The number of terminal acetylenes is 1. The molecule has 0 spiro atoms. The zero-order chi connectivity index (χ0) is 15.3. The van der Waals surface area contributed by atoms with Crippen LogP contribution in [0.1, 0.15) is 77.0 Å². The highest BCUT2D eigenvalue weighted by molar-refractivity contribution is 5.12. The number of unbranched alkanes of at least 4 members (excludes halogenated alkanes) is 8. The predicted octanol–water partition coefficient (Wildman–Crippen LogP) is 3.66. The van der Waals surface area contributed by atoms with E-state index in [-0.39, 0.29) is 0 Å². The molecule has 0 aliphatic heterocycles. The van der Waals surface area contributed by atoms with E-state index in [2.05, 4.69) is 17.8 Å². The Balaban J connectivity index is 1.86. The van der Waals surface area contributed by atoms with Crippen LogP contribution in [0.4, 0.5) is 0 Å². The van der Waals surface area contributed by atoms with Gasteiger partial charge in [0.1, 0.15) is 12.2 Å². The van der Waals surface area contributed by atoms with E-state index in [9.17, 15) is 10.2 Å². The molecule has 0 heterocycles. The number of rotatable bonds is 11. The molecule has 1 fully saturated rings. The molecule has 0 saturated heterocycles. The molecule has 0 aromatic heterocycles. The summed E-state index contributed by atoms with van der Waals surface area (Å²) in [5, 5.41) is 19.3. The number of hydrogen-bond acceptors (Lipinski definition) is 2. The lowest BCUT2D eigenvalue weighted by Gasteiger charge is -2.04. The first kappa shape index (κ1) is 18.1. The van der Waals surface area contributed by atoms with Gasteiger partial charge in [-0.05, 0) is 38.0 Å². The van der Waals surface area contributed by atoms with E-state index in [1.165, 1.54) is 32.1 Å². The van der Waals surface area contributed by atoms with E-state index < -0.39 is 12.2 Å². The van der Waals surface area contributed by atoms with Gasteiger partial charge in [0, 0.05) is 6.42 Å². The zero-order valence-corrected chi connectivity index (χ0v) is 13.2. The molecule has 2 N–H and O–H groups in total. The quantitative estimate of drug-likeness (QED) is 0.450. The average Bonchev–Trinajstić information content (AvgIpc) is 3.31. The van der Waals surface area contributed by atoms with Crippen molar-refractivity contribution in [2.24, 2.45) is 5.92 Å². The van der Waals surface area contributed by atoms with Gasteiger partial charge in [-0.2, -0.15) is 0 Å². The lowest BCUT2D eigenvalue weighted by atomic mass is 10.0. The topological polar surface area (TPSA) is 40.5 Å². The maximum atomic E-state index is 9.72. The van der Waals surface area contributed by atoms with E-state index in [1.807, 2.05) is 0 Å². The molecule has 1 rings (SSSR count). The van der Waals surface area contributed by atoms with Crippen molar-refractivity contribution in [2.45, 2.75) is 89.3 Å². The minimum atomic E-state index is -0.567. The van der Waals surface area contributed by atoms with E-state index in [1.54, 1.807) is 0 Å². The van der Waals surface area contributed by atoms with Crippen LogP contribution in [0.25, 0.3) is 0 Å². The predicted molar refractivity (Wildman–Crippen MR) is 87.5 cm³/mol. The third-order valence-electron chi connectivity index (χ3n) is 4.02. The van der Waals surface area contributed by atoms with E-state index >= 15 is 0 Å². The highest BCUT2D eigenvalue weighted by atomic mass is 16.3. The summed E-state index contributed by atoms with van der Waals surface area (Å²) in [6, 6.07) is 0. The van der Waals surface area contributed by atoms with Crippen LogP contribution in [-0.4, -0.2) is 22.4 Å². The first-order chi connectivity index (χ1) is 10.2. The van der Waals surface area contributed by atoms with Crippen LogP contribution in [-0.2, 0) is 0 Å². The standard InChI is InChI=1S/C19H30O2/c1-2-3-4-5-6-7-8-9-10-11-12-18(20)15-16-19(21)17-13-14-17/h1,17-21H,3-14H2. The fraction of sp³-hybridized carbons (Fsp3) is 0.789. The molecule has 1 aliphatic rings. The third kappa shape index (κ3) is 10.4. The van der Waals surface area contributed by atoms with Crippen LogP contribution >= 0.6 is 0 Å². The summed E-state index contributed by atoms with van der Waals surface area (Å²) < 4.78 is 0. The molecule has 0 radical (unpaired) electrons. The Labute approximate surface area is 130 Å². The Bertz CT molecular complexity index is 354. The Hall–Kier alpha value is -0.960. The van der Waals surface area contributed by atoms with Gasteiger partial charge in [0.2, 0.25) is 0 Å². The molecule has 2 atom stereocenters. The summed E-state index contributed by atoms with van der Waals surface area (Å²) in [5.41, 5.74) is 0. The van der Waals surface area contributed by atoms with Crippen molar-refractivity contribution in [1.82, 2.24) is 0 Å². The summed E-state index contributed by atoms with van der Waals surface area (Å²) in [6.45, 7) is 0. The van der Waals surface area contributed by atoms with Gasteiger partial charge in [0.15, 0.2) is 0 Å². The monoisotopic (exact) mass is 290 g/mol. The molecule has 0 bridgehead atoms. The van der Waals surface area contributed by atoms with Crippen molar-refractivity contribution in [3.63, 3.8) is 0 Å². The average molecular weight is 290 g/mol. The molecular formula is C19H30O2. The lowest BCUT2D eigenvalue weighted by Crippen LogP contribution is -2.08. The summed E-state index contributed by atoms with van der Waals surface area (Å²) >= 11 is 0. The minimum Gasteiger partial charge on any atom is -0.380 e. The van der Waals surface area contributed by atoms with Crippen LogP contribution in [0, 0.1) is 30.1 Å². The SMILES string of the molecule is C#CCCCCCCCCCCC(O)C#CC(O)C1CC1. The molecular weight excluding hydrogens is 260 g/mol. The molecule has 1 saturated carbocycles. The van der Waals surface area contributed by atoms with Crippen molar-refractivity contribution >= 4 is 0 Å². The highest BCUT2D eigenvalue weighted by Gasteiger charge is 2.28. The molecule has 21 heavy (non-hydrogen) atoms. The van der Waals surface area contributed by atoms with Crippen molar-refractivity contribution in [3.8, 4) is 24.2 Å². The number of aliphatic hydroxyl groups is 2. The first-order valence-corrected chi connectivity index (χ1v) is 8.54. The van der Waals surface area contributed by atoms with Crippen LogP contribution in [0.3, 0.4) is 0 Å². The van der Waals surface area contributed by atoms with E-state index in [0.717, 1.165) is 44.9 Å². The smallest absolute Gasteiger partial charge is 0.117 e. The Morgan fingerprint density at radius 2 is 1.43 bits per heavy atom. The van der Waals surface area contributed by atoms with Crippen molar-refractivity contribution in [1.29, 1.82) is 0 Å². The van der Waals surface area contributed by atoms with Crippen molar-refractivity contribution < 1.29 is 10.2 Å². The Morgan fingerprint density at radius 3 is 2.00 bits per heavy atom. The van der Waals surface area contributed by atoms with Crippen LogP contribution in [0.5, 0.6) is 0 Å². The van der Waals surface area contributed by atoms with Crippen LogP contribution < -0.4 is 0 Å². The normalized spacial score (nSPS) is 16.6. The van der Waals surface area contributed by atoms with Crippen LogP contribution in [0.15, 0.2) is 0 Å². The van der Waals surface area contributed by atoms with Gasteiger partial charge < -0.3 is 10.2 Å². The number of hydrogen-bond donors (Lipinski definition) is 2. The second-order valence-electron chi connectivity index (χ2n) is 6.16. The van der Waals surface area contributed by atoms with Crippen molar-refractivity contribution in [2.75, 3.05) is 0 Å². The second kappa shape index (κ2) is 11.7. The number of aliphatic hydroxyl groups excluding tert-OH is 2. The summed E-state index contributed by atoms with van der Waals surface area (Å²) in [5.74, 6) is 8.58. The third-order valence-corrected chi connectivity index (χ3v) is 4.02. The fourth-order valence-electron chi connectivity index (χ4n) is 2.41. The maximum Gasteiger partial charge on any atom is 0.117 e. The molecule has 2 heteroatoms. The minimum absolute atomic E-state index is 0.366. The Kier molecular flexibility index (Phi) is 10.1. The molecule has 1 aliphatic carbocycles. The van der Waals surface area contributed by atoms with Gasteiger partial charge in [-0.1, -0.05) is 50.4 Å². The van der Waals surface area contributed by atoms with Crippen LogP contribution in [0.2, 0.25) is 0 Å². The fourth-order valence-corrected chi connectivity index (χ4v) is 2.41. The van der Waals surface area contributed by atoms with Gasteiger partial charge in [-0.15, -0.1) is 12.3 Å². The maximum absolute atomic E-state index is 9.72. The lowest BCUT2D eigenvalue weighted by molar-refractivity contribution is 0.202. The van der Waals surface area contributed by atoms with Gasteiger partial charge in [0.05, 0.1) is 0 Å². The van der Waals surface area contributed by atoms with Gasteiger partial charge >= 0.3 is 0 Å². The van der Waals surface area contributed by atoms with Gasteiger partial charge in [0.25, 0.3) is 0 Å². The molecule has 0 aromatic rings. The summed E-state index contributed by atoms with van der Waals surface area (Å²) in [7, 11) is 0. The Morgan fingerprint density at radius 1 is 0.857 bits per heavy atom. The van der Waals surface area contributed by atoms with E-state index in [0.29, 0.717) is 5.92 Å². The molecule has 2 unspecified atom stereocenters. The molecule has 0 amide bonds. The first-order valence-electron chi connectivity index (χ1n) is 8.54. The molecule has 118 valence electrons. The van der Waals surface area contributed by atoms with Gasteiger partial charge in [-0.25, -0.2) is 0 Å². The zero-order valence-electron chi connectivity index (χ0n) is 13.2. The molecule has 0 aromatic carbocycles. The molecule has 2 nitrogen and oxygen atoms in total. The highest BCUT2D eigenvalue weighted by Crippen LogP contribution is 2.32.